The van der Waals surface area contributed by atoms with Crippen LogP contribution in [0.15, 0.2) is 0 Å². The minimum absolute atomic E-state index is 0.0108. The third kappa shape index (κ3) is 2.60. The van der Waals surface area contributed by atoms with E-state index in [1.54, 1.807) is 0 Å². The van der Waals surface area contributed by atoms with E-state index < -0.39 is 11.2 Å². The van der Waals surface area contributed by atoms with Crippen LogP contribution in [-0.4, -0.2) is 21.4 Å². The van der Waals surface area contributed by atoms with Crippen molar-refractivity contribution in [2.45, 2.75) is 78.9 Å². The predicted molar refractivity (Wildman–Crippen MR) is 69.4 cm³/mol. The van der Waals surface area contributed by atoms with Gasteiger partial charge in [0.15, 0.2) is 0 Å². The normalized spacial score (nSPS) is 19.3. The van der Waals surface area contributed by atoms with Crippen LogP contribution in [-0.2, 0) is 0 Å². The Morgan fingerprint density at radius 3 is 1.44 bits per heavy atom. The zero-order chi connectivity index (χ0) is 13.2. The number of aliphatic hydroxyl groups is 2. The Morgan fingerprint density at radius 2 is 1.25 bits per heavy atom. The largest absolute Gasteiger partial charge is 0.387 e. The van der Waals surface area contributed by atoms with Gasteiger partial charge in [-0.3, -0.25) is 0 Å². The van der Waals surface area contributed by atoms with Gasteiger partial charge in [0.1, 0.15) is 0 Å². The second-order valence-electron chi connectivity index (χ2n) is 6.10. The quantitative estimate of drug-likeness (QED) is 0.760. The second kappa shape index (κ2) is 5.05. The van der Waals surface area contributed by atoms with E-state index in [0.717, 1.165) is 0 Å². The Morgan fingerprint density at radius 1 is 0.875 bits per heavy atom. The second-order valence-corrected chi connectivity index (χ2v) is 6.10. The molecule has 0 radical (unpaired) electrons. The van der Waals surface area contributed by atoms with E-state index >= 15 is 0 Å². The molecule has 0 aromatic rings. The van der Waals surface area contributed by atoms with Crippen LogP contribution in [0.1, 0.15) is 67.7 Å². The maximum Gasteiger partial charge on any atom is 0.0960 e. The molecule has 0 bridgehead atoms. The third-order valence-corrected chi connectivity index (χ3v) is 4.53. The van der Waals surface area contributed by atoms with E-state index in [2.05, 4.69) is 20.8 Å². The van der Waals surface area contributed by atoms with Gasteiger partial charge in [-0.15, -0.1) is 0 Å². The Kier molecular flexibility index (Phi) is 5.03. The van der Waals surface area contributed by atoms with Crippen molar-refractivity contribution in [1.29, 1.82) is 0 Å². The third-order valence-electron chi connectivity index (χ3n) is 4.53. The summed E-state index contributed by atoms with van der Waals surface area (Å²) in [5.41, 5.74) is -1.99. The average Bonchev–Trinajstić information content (AvgIpc) is 2.24. The van der Waals surface area contributed by atoms with Gasteiger partial charge in [-0.05, 0) is 30.6 Å². The highest BCUT2D eigenvalue weighted by atomic mass is 16.4. The summed E-state index contributed by atoms with van der Waals surface area (Å²) in [5, 5.41) is 21.5. The molecule has 0 aliphatic heterocycles. The minimum Gasteiger partial charge on any atom is -0.387 e. The van der Waals surface area contributed by atoms with Crippen LogP contribution in [0.25, 0.3) is 0 Å². The molecule has 0 amide bonds. The maximum atomic E-state index is 10.9. The smallest absolute Gasteiger partial charge is 0.0960 e. The molecular weight excluding hydrogens is 200 g/mol. The number of rotatable bonds is 5. The Balaban J connectivity index is 5.35. The molecule has 2 heteroatoms. The molecule has 0 saturated carbocycles. The van der Waals surface area contributed by atoms with Gasteiger partial charge in [-0.1, -0.05) is 48.5 Å². The van der Waals surface area contributed by atoms with Crippen molar-refractivity contribution < 1.29 is 10.2 Å². The topological polar surface area (TPSA) is 40.5 Å². The van der Waals surface area contributed by atoms with E-state index in [9.17, 15) is 10.2 Å². The molecule has 0 fully saturated rings. The van der Waals surface area contributed by atoms with Gasteiger partial charge in [0.2, 0.25) is 0 Å². The van der Waals surface area contributed by atoms with Crippen LogP contribution < -0.4 is 0 Å². The van der Waals surface area contributed by atoms with Crippen molar-refractivity contribution in [2.24, 2.45) is 11.3 Å². The molecule has 0 aromatic carbocycles. The molecule has 2 unspecified atom stereocenters. The van der Waals surface area contributed by atoms with Crippen LogP contribution in [0.3, 0.4) is 0 Å². The van der Waals surface area contributed by atoms with Crippen molar-refractivity contribution in [1.82, 2.24) is 0 Å². The summed E-state index contributed by atoms with van der Waals surface area (Å²) in [5.74, 6) is 0.0508. The first-order valence-corrected chi connectivity index (χ1v) is 6.53. The molecule has 0 aromatic heterocycles. The van der Waals surface area contributed by atoms with Gasteiger partial charge in [-0.25, -0.2) is 0 Å². The lowest BCUT2D eigenvalue weighted by molar-refractivity contribution is -0.201. The van der Waals surface area contributed by atoms with E-state index in [0.29, 0.717) is 19.3 Å². The van der Waals surface area contributed by atoms with Crippen molar-refractivity contribution in [3.05, 3.63) is 0 Å². The minimum atomic E-state index is -1.01. The first-order valence-electron chi connectivity index (χ1n) is 6.53. The fraction of sp³-hybridized carbons (Fsp3) is 1.00. The molecule has 0 saturated heterocycles. The highest BCUT2D eigenvalue weighted by Crippen LogP contribution is 2.45. The van der Waals surface area contributed by atoms with E-state index in [1.165, 1.54) is 0 Å². The van der Waals surface area contributed by atoms with Crippen LogP contribution in [0.2, 0.25) is 0 Å². The standard InChI is InChI=1S/C14H30O2/c1-8-13(15,9-2)14(16,10-3)11(4)12(5,6)7/h11,15-16H,8-10H2,1-7H3. The maximum absolute atomic E-state index is 10.9. The molecule has 0 rings (SSSR count). The van der Waals surface area contributed by atoms with Gasteiger partial charge in [-0.2, -0.15) is 0 Å². The predicted octanol–water partition coefficient (Wildman–Crippen LogP) is 3.36. The van der Waals surface area contributed by atoms with Crippen molar-refractivity contribution in [2.75, 3.05) is 0 Å². The zero-order valence-corrected chi connectivity index (χ0v) is 12.1. The van der Waals surface area contributed by atoms with Crippen molar-refractivity contribution >= 4 is 0 Å². The fourth-order valence-corrected chi connectivity index (χ4v) is 2.62. The Labute approximate surface area is 101 Å². The summed E-state index contributed by atoms with van der Waals surface area (Å²) in [6.45, 7) is 14.2. The summed E-state index contributed by atoms with van der Waals surface area (Å²) in [6, 6.07) is 0. The van der Waals surface area contributed by atoms with E-state index in [1.807, 2.05) is 27.7 Å². The average molecular weight is 230 g/mol. The Hall–Kier alpha value is -0.0800. The molecule has 2 nitrogen and oxygen atoms in total. The molecule has 0 aliphatic carbocycles. The lowest BCUT2D eigenvalue weighted by Crippen LogP contribution is -2.59. The first-order chi connectivity index (χ1) is 7.09. The van der Waals surface area contributed by atoms with Crippen LogP contribution >= 0.6 is 0 Å². The van der Waals surface area contributed by atoms with Gasteiger partial charge in [0.25, 0.3) is 0 Å². The molecule has 0 spiro atoms. The SMILES string of the molecule is CCC(O)(CC)C(O)(CC)C(C)C(C)(C)C. The molecule has 2 N–H and O–H groups in total. The van der Waals surface area contributed by atoms with Crippen molar-refractivity contribution in [3.8, 4) is 0 Å². The molecule has 2 atom stereocenters. The summed E-state index contributed by atoms with van der Waals surface area (Å²) >= 11 is 0. The lowest BCUT2D eigenvalue weighted by atomic mass is 9.62. The molecular formula is C14H30O2. The summed E-state index contributed by atoms with van der Waals surface area (Å²) < 4.78 is 0. The summed E-state index contributed by atoms with van der Waals surface area (Å²) in [6.07, 6.45) is 1.77. The van der Waals surface area contributed by atoms with Gasteiger partial charge in [0.05, 0.1) is 11.2 Å². The summed E-state index contributed by atoms with van der Waals surface area (Å²) in [7, 11) is 0. The van der Waals surface area contributed by atoms with Gasteiger partial charge >= 0.3 is 0 Å². The first kappa shape index (κ1) is 15.9. The Bertz CT molecular complexity index is 213. The fourth-order valence-electron chi connectivity index (χ4n) is 2.62. The van der Waals surface area contributed by atoms with E-state index in [4.69, 9.17) is 0 Å². The molecule has 0 heterocycles. The van der Waals surface area contributed by atoms with E-state index in [-0.39, 0.29) is 11.3 Å². The van der Waals surface area contributed by atoms with Crippen LogP contribution in [0, 0.1) is 11.3 Å². The summed E-state index contributed by atoms with van der Waals surface area (Å²) in [4.78, 5) is 0. The lowest BCUT2D eigenvalue weighted by Gasteiger charge is -2.50. The van der Waals surface area contributed by atoms with Crippen molar-refractivity contribution in [3.63, 3.8) is 0 Å². The number of hydrogen-bond donors (Lipinski definition) is 2. The van der Waals surface area contributed by atoms with Crippen LogP contribution in [0.5, 0.6) is 0 Å². The highest BCUT2D eigenvalue weighted by Gasteiger charge is 2.51. The van der Waals surface area contributed by atoms with Gasteiger partial charge in [0, 0.05) is 0 Å². The molecule has 16 heavy (non-hydrogen) atoms. The molecule has 0 aliphatic rings. The number of hydrogen-bond acceptors (Lipinski definition) is 2. The molecule has 98 valence electrons. The van der Waals surface area contributed by atoms with Crippen LogP contribution in [0.4, 0.5) is 0 Å². The monoisotopic (exact) mass is 230 g/mol. The zero-order valence-electron chi connectivity index (χ0n) is 12.1. The highest BCUT2D eigenvalue weighted by molar-refractivity contribution is 5.03. The van der Waals surface area contributed by atoms with Gasteiger partial charge < -0.3 is 10.2 Å².